The van der Waals surface area contributed by atoms with Gasteiger partial charge in [0.05, 0.1) is 12.2 Å². The molecule has 2 aromatic rings. The van der Waals surface area contributed by atoms with E-state index in [1.807, 2.05) is 6.92 Å². The summed E-state index contributed by atoms with van der Waals surface area (Å²) in [5.41, 5.74) is -0.148. The number of carboxylic acids is 1. The molecular formula is C11H12N4O4S2. The lowest BCUT2D eigenvalue weighted by Crippen LogP contribution is -2.50. The lowest BCUT2D eigenvalue weighted by Gasteiger charge is -2.37. The number of thiophene rings is 1. The van der Waals surface area contributed by atoms with Crippen molar-refractivity contribution in [2.24, 2.45) is 0 Å². The van der Waals surface area contributed by atoms with Gasteiger partial charge >= 0.3 is 5.97 Å². The van der Waals surface area contributed by atoms with Crippen LogP contribution in [0.25, 0.3) is 0 Å². The Hall–Kier alpha value is -1.78. The van der Waals surface area contributed by atoms with E-state index in [1.54, 1.807) is 12.1 Å². The van der Waals surface area contributed by atoms with Gasteiger partial charge in [-0.05, 0) is 19.1 Å². The number of aromatic carboxylic acids is 1. The van der Waals surface area contributed by atoms with Crippen LogP contribution in [0, 0.1) is 6.92 Å². The standard InChI is InChI=1S/C11H12N4O4S2/c1-7-2-3-10(20-7)21(18,19)14-4-8(5-14)15-6-9(11(16)17)12-13-15/h2-3,6,8H,4-5H2,1H3,(H,16,17). The summed E-state index contributed by atoms with van der Waals surface area (Å²) in [6, 6.07) is 3.19. The van der Waals surface area contributed by atoms with Gasteiger partial charge in [0.15, 0.2) is 5.69 Å². The van der Waals surface area contributed by atoms with Gasteiger partial charge in [-0.1, -0.05) is 5.21 Å². The molecule has 8 nitrogen and oxygen atoms in total. The summed E-state index contributed by atoms with van der Waals surface area (Å²) >= 11 is 1.24. The van der Waals surface area contributed by atoms with Crippen LogP contribution in [0.1, 0.15) is 21.4 Å². The highest BCUT2D eigenvalue weighted by molar-refractivity contribution is 7.91. The molecule has 0 aliphatic carbocycles. The van der Waals surface area contributed by atoms with Gasteiger partial charge in [-0.25, -0.2) is 17.9 Å². The summed E-state index contributed by atoms with van der Waals surface area (Å²) < 4.78 is 27.7. The highest BCUT2D eigenvalue weighted by Gasteiger charge is 2.39. The maximum absolute atomic E-state index is 12.3. The molecule has 0 radical (unpaired) electrons. The van der Waals surface area contributed by atoms with E-state index in [0.717, 1.165) is 4.88 Å². The number of carbonyl (C=O) groups is 1. The molecule has 10 heteroatoms. The summed E-state index contributed by atoms with van der Waals surface area (Å²) in [5, 5.41) is 16.0. The van der Waals surface area contributed by atoms with Gasteiger partial charge in [-0.2, -0.15) is 4.31 Å². The summed E-state index contributed by atoms with van der Waals surface area (Å²) in [6.45, 7) is 2.38. The predicted molar refractivity (Wildman–Crippen MR) is 73.8 cm³/mol. The molecule has 112 valence electrons. The van der Waals surface area contributed by atoms with Crippen molar-refractivity contribution < 1.29 is 18.3 Å². The van der Waals surface area contributed by atoms with E-state index in [-0.39, 0.29) is 24.8 Å². The molecule has 0 amide bonds. The second kappa shape index (κ2) is 4.90. The number of aromatic nitrogens is 3. The Morgan fingerprint density at radius 1 is 1.43 bits per heavy atom. The average Bonchev–Trinajstić information content (AvgIpc) is 2.96. The third kappa shape index (κ3) is 2.45. The number of sulfonamides is 1. The number of rotatable bonds is 4. The summed E-state index contributed by atoms with van der Waals surface area (Å²) in [6.07, 6.45) is 1.31. The van der Waals surface area contributed by atoms with Crippen LogP contribution in [-0.2, 0) is 10.0 Å². The molecule has 0 saturated carbocycles. The molecule has 1 aliphatic rings. The van der Waals surface area contributed by atoms with Crippen molar-refractivity contribution >= 4 is 27.3 Å². The lowest BCUT2D eigenvalue weighted by atomic mass is 10.2. The van der Waals surface area contributed by atoms with Crippen molar-refractivity contribution in [1.82, 2.24) is 19.3 Å². The van der Waals surface area contributed by atoms with Crippen LogP contribution in [0.3, 0.4) is 0 Å². The highest BCUT2D eigenvalue weighted by Crippen LogP contribution is 2.31. The van der Waals surface area contributed by atoms with Gasteiger partial charge in [-0.15, -0.1) is 16.4 Å². The van der Waals surface area contributed by atoms with E-state index in [9.17, 15) is 13.2 Å². The van der Waals surface area contributed by atoms with Gasteiger partial charge in [-0.3, -0.25) is 0 Å². The van der Waals surface area contributed by atoms with Crippen LogP contribution < -0.4 is 0 Å². The molecule has 0 spiro atoms. The third-order valence-electron chi connectivity index (χ3n) is 3.24. The van der Waals surface area contributed by atoms with Crippen LogP contribution in [0.15, 0.2) is 22.5 Å². The molecule has 21 heavy (non-hydrogen) atoms. The van der Waals surface area contributed by atoms with Crippen molar-refractivity contribution in [2.45, 2.75) is 17.2 Å². The first-order chi connectivity index (χ1) is 9.88. The number of nitrogens with zero attached hydrogens (tertiary/aromatic N) is 4. The van der Waals surface area contributed by atoms with E-state index in [1.165, 1.54) is 26.5 Å². The van der Waals surface area contributed by atoms with Crippen LogP contribution in [0.2, 0.25) is 0 Å². The van der Waals surface area contributed by atoms with Crippen molar-refractivity contribution in [3.05, 3.63) is 28.9 Å². The van der Waals surface area contributed by atoms with Gasteiger partial charge in [0.1, 0.15) is 4.21 Å². The Labute approximate surface area is 124 Å². The molecule has 0 bridgehead atoms. The minimum absolute atomic E-state index is 0.148. The summed E-state index contributed by atoms with van der Waals surface area (Å²) in [7, 11) is -3.46. The van der Waals surface area contributed by atoms with Crippen molar-refractivity contribution in [3.63, 3.8) is 0 Å². The van der Waals surface area contributed by atoms with Crippen molar-refractivity contribution in [1.29, 1.82) is 0 Å². The van der Waals surface area contributed by atoms with E-state index < -0.39 is 16.0 Å². The third-order valence-corrected chi connectivity index (χ3v) is 6.54. The maximum Gasteiger partial charge on any atom is 0.358 e. The normalized spacial score (nSPS) is 16.8. The average molecular weight is 328 g/mol. The Kier molecular flexibility index (Phi) is 3.30. The van der Waals surface area contributed by atoms with E-state index in [4.69, 9.17) is 5.11 Å². The summed E-state index contributed by atoms with van der Waals surface area (Å²) in [4.78, 5) is 11.7. The molecule has 3 rings (SSSR count). The van der Waals surface area contributed by atoms with Crippen LogP contribution in [0.5, 0.6) is 0 Å². The number of hydrogen-bond acceptors (Lipinski definition) is 6. The minimum atomic E-state index is -3.46. The Morgan fingerprint density at radius 2 is 2.14 bits per heavy atom. The topological polar surface area (TPSA) is 105 Å². The fraction of sp³-hybridized carbons (Fsp3) is 0.364. The molecule has 2 aromatic heterocycles. The fourth-order valence-corrected chi connectivity index (χ4v) is 4.96. The molecule has 1 fully saturated rings. The van der Waals surface area contributed by atoms with Gasteiger partial charge in [0, 0.05) is 18.0 Å². The molecule has 1 saturated heterocycles. The zero-order valence-corrected chi connectivity index (χ0v) is 12.6. The smallest absolute Gasteiger partial charge is 0.358 e. The lowest BCUT2D eigenvalue weighted by molar-refractivity contribution is 0.0690. The molecule has 1 aliphatic heterocycles. The Bertz CT molecular complexity index is 789. The van der Waals surface area contributed by atoms with Gasteiger partial charge in [0.25, 0.3) is 10.0 Å². The Balaban J connectivity index is 1.71. The van der Waals surface area contributed by atoms with E-state index in [0.29, 0.717) is 4.21 Å². The quantitative estimate of drug-likeness (QED) is 0.880. The first kappa shape index (κ1) is 14.2. The SMILES string of the molecule is Cc1ccc(S(=O)(=O)N2CC(n3cc(C(=O)O)nn3)C2)s1. The maximum atomic E-state index is 12.3. The minimum Gasteiger partial charge on any atom is -0.476 e. The number of carboxylic acid groups (broad SMARTS) is 1. The van der Waals surface area contributed by atoms with Crippen LogP contribution in [-0.4, -0.2) is 51.9 Å². The van der Waals surface area contributed by atoms with Gasteiger partial charge < -0.3 is 5.11 Å². The first-order valence-electron chi connectivity index (χ1n) is 6.09. The number of hydrogen-bond donors (Lipinski definition) is 1. The van der Waals surface area contributed by atoms with E-state index >= 15 is 0 Å². The molecule has 1 N–H and O–H groups in total. The zero-order chi connectivity index (χ0) is 15.2. The monoisotopic (exact) mass is 328 g/mol. The largest absolute Gasteiger partial charge is 0.476 e. The van der Waals surface area contributed by atoms with Gasteiger partial charge in [0.2, 0.25) is 0 Å². The number of aryl methyl sites for hydroxylation is 1. The molecule has 0 atom stereocenters. The van der Waals surface area contributed by atoms with Crippen LogP contribution in [0.4, 0.5) is 0 Å². The highest BCUT2D eigenvalue weighted by atomic mass is 32.2. The Morgan fingerprint density at radius 3 is 2.67 bits per heavy atom. The summed E-state index contributed by atoms with van der Waals surface area (Å²) in [5.74, 6) is -1.15. The zero-order valence-electron chi connectivity index (χ0n) is 11.0. The van der Waals surface area contributed by atoms with E-state index in [2.05, 4.69) is 10.3 Å². The van der Waals surface area contributed by atoms with Crippen molar-refractivity contribution in [2.75, 3.05) is 13.1 Å². The van der Waals surface area contributed by atoms with Crippen molar-refractivity contribution in [3.8, 4) is 0 Å². The fourth-order valence-electron chi connectivity index (χ4n) is 2.01. The first-order valence-corrected chi connectivity index (χ1v) is 8.35. The molecule has 0 unspecified atom stereocenters. The molecule has 0 aromatic carbocycles. The molecular weight excluding hydrogens is 316 g/mol. The second-order valence-corrected chi connectivity index (χ2v) is 8.18. The second-order valence-electron chi connectivity index (χ2n) is 4.73. The predicted octanol–water partition coefficient (Wildman–Crippen LogP) is 0.592. The molecule has 3 heterocycles. The van der Waals surface area contributed by atoms with Crippen LogP contribution >= 0.6 is 11.3 Å².